The summed E-state index contributed by atoms with van der Waals surface area (Å²) in [6, 6.07) is 0. The Morgan fingerprint density at radius 2 is 0.931 bits per heavy atom. The number of unbranched alkanes of at least 4 members (excludes halogenated alkanes) is 16. The molecule has 0 aromatic rings. The van der Waals surface area contributed by atoms with E-state index in [-0.39, 0.29) is 63.2 Å². The van der Waals surface area contributed by atoms with Crippen LogP contribution in [0.2, 0.25) is 0 Å². The minimum atomic E-state index is -4.05. The molecule has 6 heteroatoms. The van der Waals surface area contributed by atoms with Crippen LogP contribution in [0.5, 0.6) is 0 Å². The molecule has 0 aliphatic heterocycles. The second-order valence-electron chi connectivity index (χ2n) is 8.50. The second kappa shape index (κ2) is 24.2. The first-order chi connectivity index (χ1) is 13.5. The van der Waals surface area contributed by atoms with Crippen molar-refractivity contribution in [2.45, 2.75) is 141 Å². The van der Waals surface area contributed by atoms with Crippen LogP contribution in [0.25, 0.3) is 0 Å². The minimum absolute atomic E-state index is 0. The predicted molar refractivity (Wildman–Crippen MR) is 119 cm³/mol. The Bertz CT molecular complexity index is 415. The monoisotopic (exact) mass is 458 g/mol. The fourth-order valence-corrected chi connectivity index (χ4v) is 4.29. The van der Waals surface area contributed by atoms with E-state index in [0.717, 1.165) is 44.9 Å². The van der Waals surface area contributed by atoms with E-state index in [1.54, 1.807) is 0 Å². The van der Waals surface area contributed by atoms with E-state index in [4.69, 9.17) is 0 Å². The molecule has 170 valence electrons. The number of hydrogen-bond donors (Lipinski definition) is 1. The molecular weight excluding hydrogens is 411 g/mol. The maximum Gasteiger partial charge on any atom is 1.00 e. The molecule has 0 radical (unpaired) electrons. The normalized spacial score (nSPS) is 12.7. The fraction of sp³-hybridized carbons (Fsp3) is 1.00. The van der Waals surface area contributed by atoms with Gasteiger partial charge in [-0.3, -0.25) is 0 Å². The maximum absolute atomic E-state index is 10.5. The van der Waals surface area contributed by atoms with Gasteiger partial charge in [-0.25, -0.2) is 8.42 Å². The van der Waals surface area contributed by atoms with Gasteiger partial charge >= 0.3 is 51.4 Å². The van der Waals surface area contributed by atoms with E-state index < -0.39 is 10.1 Å². The molecule has 0 bridgehead atoms. The van der Waals surface area contributed by atoms with Crippen LogP contribution in [-0.4, -0.2) is 29.9 Å². The maximum atomic E-state index is 10.5. The Kier molecular flexibility index (Phi) is 27.2. The average molecular weight is 459 g/mol. The van der Waals surface area contributed by atoms with Gasteiger partial charge in [0.05, 0.1) is 16.2 Å². The van der Waals surface area contributed by atoms with Crippen molar-refractivity contribution in [3.8, 4) is 0 Å². The molecule has 0 aliphatic carbocycles. The van der Waals surface area contributed by atoms with Gasteiger partial charge in [-0.2, -0.15) is 0 Å². The van der Waals surface area contributed by atoms with Crippen molar-refractivity contribution in [1.82, 2.24) is 0 Å². The molecule has 0 rings (SSSR count). The van der Waals surface area contributed by atoms with Gasteiger partial charge in [0.25, 0.3) is 0 Å². The summed E-state index contributed by atoms with van der Waals surface area (Å²) < 4.78 is 31.5. The average Bonchev–Trinajstić information content (AvgIpc) is 2.64. The second-order valence-corrected chi connectivity index (χ2v) is 10.0. The molecule has 1 unspecified atom stereocenters. The molecule has 0 aliphatic rings. The number of hydrogen-bond acceptors (Lipinski definition) is 4. The summed E-state index contributed by atoms with van der Waals surface area (Å²) in [5.74, 6) is -0.241. The quantitative estimate of drug-likeness (QED) is 0.152. The Morgan fingerprint density at radius 1 is 0.621 bits per heavy atom. The third-order valence-corrected chi connectivity index (χ3v) is 6.36. The molecule has 0 saturated heterocycles. The summed E-state index contributed by atoms with van der Waals surface area (Å²) >= 11 is 0. The molecule has 0 aromatic heterocycles. The molecule has 0 amide bonds. The van der Waals surface area contributed by atoms with Crippen LogP contribution in [0.4, 0.5) is 0 Å². The third-order valence-electron chi connectivity index (χ3n) is 5.57. The van der Waals surface area contributed by atoms with Gasteiger partial charge in [-0.15, -0.1) is 0 Å². The van der Waals surface area contributed by atoms with E-state index in [1.165, 1.54) is 77.0 Å². The van der Waals surface area contributed by atoms with Crippen molar-refractivity contribution in [3.63, 3.8) is 0 Å². The van der Waals surface area contributed by atoms with Crippen LogP contribution < -0.4 is 51.4 Å². The first-order valence-electron chi connectivity index (χ1n) is 12.1. The van der Waals surface area contributed by atoms with Crippen LogP contribution in [0.15, 0.2) is 0 Å². The summed E-state index contributed by atoms with van der Waals surface area (Å²) in [5.41, 5.74) is 0. The van der Waals surface area contributed by atoms with Gasteiger partial charge < -0.3 is 9.66 Å². The Morgan fingerprint density at radius 3 is 1.28 bits per heavy atom. The molecule has 29 heavy (non-hydrogen) atoms. The summed E-state index contributed by atoms with van der Waals surface area (Å²) in [4.78, 5) is 0. The molecule has 4 nitrogen and oxygen atoms in total. The van der Waals surface area contributed by atoms with Gasteiger partial charge in [-0.1, -0.05) is 116 Å². The van der Waals surface area contributed by atoms with Crippen LogP contribution in [0.1, 0.15) is 135 Å². The summed E-state index contributed by atoms with van der Waals surface area (Å²) in [6.07, 6.45) is 23.3. The Labute approximate surface area is 224 Å². The molecule has 0 spiro atoms. The van der Waals surface area contributed by atoms with Crippen LogP contribution >= 0.6 is 0 Å². The predicted octanol–water partition coefficient (Wildman–Crippen LogP) is 3.72. The van der Waals surface area contributed by atoms with E-state index in [9.17, 15) is 18.1 Å². The SMILES string of the molecule is CCCCCCCCCCCCCCCC(O)CCCCCCCS(=O)(=O)[O-].[K+]. The topological polar surface area (TPSA) is 77.4 Å². The van der Waals surface area contributed by atoms with Gasteiger partial charge in [0.1, 0.15) is 0 Å². The largest absolute Gasteiger partial charge is 1.00 e. The van der Waals surface area contributed by atoms with Crippen LogP contribution in [0, 0.1) is 0 Å². The van der Waals surface area contributed by atoms with Gasteiger partial charge in [0.15, 0.2) is 0 Å². The fourth-order valence-electron chi connectivity index (χ4n) is 3.73. The van der Waals surface area contributed by atoms with Gasteiger partial charge in [0.2, 0.25) is 0 Å². The van der Waals surface area contributed by atoms with Crippen LogP contribution in [-0.2, 0) is 10.1 Å². The van der Waals surface area contributed by atoms with E-state index in [1.807, 2.05) is 0 Å². The van der Waals surface area contributed by atoms with Crippen molar-refractivity contribution in [2.75, 3.05) is 5.75 Å². The Balaban J connectivity index is 0. The van der Waals surface area contributed by atoms with E-state index >= 15 is 0 Å². The van der Waals surface area contributed by atoms with Crippen molar-refractivity contribution in [2.24, 2.45) is 0 Å². The number of rotatable bonds is 22. The zero-order chi connectivity index (χ0) is 20.9. The molecule has 0 heterocycles. The van der Waals surface area contributed by atoms with Gasteiger partial charge in [-0.05, 0) is 19.3 Å². The number of aliphatic hydroxyl groups is 1. The summed E-state index contributed by atoms with van der Waals surface area (Å²) in [5, 5.41) is 10.0. The summed E-state index contributed by atoms with van der Waals surface area (Å²) in [7, 11) is -4.05. The van der Waals surface area contributed by atoms with Crippen molar-refractivity contribution in [3.05, 3.63) is 0 Å². The summed E-state index contributed by atoms with van der Waals surface area (Å²) in [6.45, 7) is 2.27. The number of aliphatic hydroxyl groups excluding tert-OH is 1. The van der Waals surface area contributed by atoms with E-state index in [2.05, 4.69) is 6.92 Å². The molecule has 0 saturated carbocycles. The van der Waals surface area contributed by atoms with Gasteiger partial charge in [0, 0.05) is 5.75 Å². The zero-order valence-electron chi connectivity index (χ0n) is 19.5. The third kappa shape index (κ3) is 29.5. The Hall–Kier alpha value is 1.51. The molecule has 0 fully saturated rings. The van der Waals surface area contributed by atoms with Crippen molar-refractivity contribution in [1.29, 1.82) is 0 Å². The first kappa shape index (κ1) is 32.7. The standard InChI is InChI=1S/C23H48O4S.K/c1-2-3-4-5-6-7-8-9-10-11-12-14-17-20-23(24)21-18-15-13-16-19-22-28(25,26)27;/h23-24H,2-22H2,1H3,(H,25,26,27);/q;+1/p-1. The van der Waals surface area contributed by atoms with Crippen molar-refractivity contribution >= 4 is 10.1 Å². The van der Waals surface area contributed by atoms with E-state index in [0.29, 0.717) is 6.42 Å². The first-order valence-corrected chi connectivity index (χ1v) is 13.6. The minimum Gasteiger partial charge on any atom is -0.748 e. The molecule has 0 aromatic carbocycles. The smallest absolute Gasteiger partial charge is 0.748 e. The van der Waals surface area contributed by atoms with Crippen molar-refractivity contribution < 1.29 is 69.5 Å². The molecule has 1 N–H and O–H groups in total. The molecule has 1 atom stereocenters. The molecular formula is C23H47KO4S. The van der Waals surface area contributed by atoms with Crippen LogP contribution in [0.3, 0.4) is 0 Å². The zero-order valence-corrected chi connectivity index (χ0v) is 23.4.